The largest absolute Gasteiger partial charge is 0.462 e. The molecule has 1 saturated heterocycles. The Morgan fingerprint density at radius 3 is 2.61 bits per heavy atom. The molecule has 0 saturated carbocycles. The van der Waals surface area contributed by atoms with Gasteiger partial charge in [-0.25, -0.2) is 9.69 Å². The molecule has 2 amide bonds. The van der Waals surface area contributed by atoms with Crippen molar-refractivity contribution >= 4 is 52.2 Å². The Hall–Kier alpha value is -3.29. The number of nitrogens with zero attached hydrogens (tertiary/aromatic N) is 1. The van der Waals surface area contributed by atoms with Crippen LogP contribution in [0.5, 0.6) is 0 Å². The van der Waals surface area contributed by atoms with Crippen molar-refractivity contribution in [2.45, 2.75) is 6.92 Å². The van der Waals surface area contributed by atoms with Gasteiger partial charge in [0, 0.05) is 16.7 Å². The Balaban J connectivity index is 1.54. The minimum Gasteiger partial charge on any atom is -0.462 e. The summed E-state index contributed by atoms with van der Waals surface area (Å²) in [4.78, 5) is 38.2. The number of amides is 2. The standard InChI is InChI=1S/C23H16ClNO5S/c1-2-29-22(27)15-8-6-14(7-9-15)19-11-10-18(30-19)13-20-21(26)25(23(28)31-20)17-5-3-4-16(24)12-17/h3-13H,2H2,1H3/b20-13+. The summed E-state index contributed by atoms with van der Waals surface area (Å²) in [7, 11) is 0. The molecule has 1 aliphatic heterocycles. The van der Waals surface area contributed by atoms with Crippen molar-refractivity contribution in [1.82, 2.24) is 0 Å². The number of ether oxygens (including phenoxy) is 1. The lowest BCUT2D eigenvalue weighted by molar-refractivity contribution is -0.113. The van der Waals surface area contributed by atoms with Gasteiger partial charge in [0.1, 0.15) is 11.5 Å². The van der Waals surface area contributed by atoms with Gasteiger partial charge in [-0.15, -0.1) is 0 Å². The highest BCUT2D eigenvalue weighted by molar-refractivity contribution is 8.19. The lowest BCUT2D eigenvalue weighted by Crippen LogP contribution is -2.27. The average molecular weight is 454 g/mol. The molecule has 2 aromatic carbocycles. The summed E-state index contributed by atoms with van der Waals surface area (Å²) in [6.45, 7) is 2.06. The molecule has 0 aliphatic carbocycles. The zero-order chi connectivity index (χ0) is 22.0. The molecule has 0 radical (unpaired) electrons. The van der Waals surface area contributed by atoms with Crippen LogP contribution in [0.15, 0.2) is 70.0 Å². The second-order valence-electron chi connectivity index (χ2n) is 6.50. The minimum atomic E-state index is -0.436. The van der Waals surface area contributed by atoms with Gasteiger partial charge in [-0.05, 0) is 61.2 Å². The fourth-order valence-electron chi connectivity index (χ4n) is 3.01. The first-order valence-electron chi connectivity index (χ1n) is 9.37. The van der Waals surface area contributed by atoms with Gasteiger partial charge in [0.05, 0.1) is 22.8 Å². The van der Waals surface area contributed by atoms with Crippen LogP contribution in [-0.2, 0) is 9.53 Å². The van der Waals surface area contributed by atoms with Crippen LogP contribution in [0.25, 0.3) is 17.4 Å². The number of hydrogen-bond donors (Lipinski definition) is 0. The molecule has 8 heteroatoms. The number of carbonyl (C=O) groups is 3. The molecule has 0 spiro atoms. The van der Waals surface area contributed by atoms with Gasteiger partial charge in [0.25, 0.3) is 11.1 Å². The molecule has 0 unspecified atom stereocenters. The fraction of sp³-hybridized carbons (Fsp3) is 0.0870. The zero-order valence-corrected chi connectivity index (χ0v) is 17.9. The van der Waals surface area contributed by atoms with E-state index in [1.54, 1.807) is 67.6 Å². The van der Waals surface area contributed by atoms with Crippen LogP contribution in [-0.4, -0.2) is 23.7 Å². The van der Waals surface area contributed by atoms with Gasteiger partial charge in [0.2, 0.25) is 0 Å². The van der Waals surface area contributed by atoms with E-state index in [9.17, 15) is 14.4 Å². The Bertz CT molecular complexity index is 1200. The first-order chi connectivity index (χ1) is 15.0. The first kappa shape index (κ1) is 21.0. The normalized spacial score (nSPS) is 15.0. The SMILES string of the molecule is CCOC(=O)c1ccc(-c2ccc(/C=C3/SC(=O)N(c4cccc(Cl)c4)C3=O)o2)cc1. The summed E-state index contributed by atoms with van der Waals surface area (Å²) in [5.74, 6) is 0.176. The maximum absolute atomic E-state index is 12.8. The molecule has 31 heavy (non-hydrogen) atoms. The van der Waals surface area contributed by atoms with Crippen molar-refractivity contribution in [3.05, 3.63) is 81.9 Å². The van der Waals surface area contributed by atoms with E-state index < -0.39 is 11.1 Å². The van der Waals surface area contributed by atoms with Gasteiger partial charge < -0.3 is 9.15 Å². The van der Waals surface area contributed by atoms with Gasteiger partial charge in [-0.2, -0.15) is 0 Å². The number of rotatable bonds is 5. The summed E-state index contributed by atoms with van der Waals surface area (Å²) in [5, 5.41) is 0.0324. The zero-order valence-electron chi connectivity index (χ0n) is 16.3. The molecule has 0 bridgehead atoms. The summed E-state index contributed by atoms with van der Waals surface area (Å²) < 4.78 is 10.8. The summed E-state index contributed by atoms with van der Waals surface area (Å²) in [6, 6.07) is 16.8. The Morgan fingerprint density at radius 1 is 1.13 bits per heavy atom. The number of carbonyl (C=O) groups excluding carboxylic acids is 3. The lowest BCUT2D eigenvalue weighted by Gasteiger charge is -2.12. The molecule has 1 aromatic heterocycles. The highest BCUT2D eigenvalue weighted by atomic mass is 35.5. The summed E-state index contributed by atoms with van der Waals surface area (Å²) >= 11 is 6.81. The fourth-order valence-corrected chi connectivity index (χ4v) is 4.01. The van der Waals surface area contributed by atoms with E-state index in [0.717, 1.165) is 22.2 Å². The number of benzene rings is 2. The van der Waals surface area contributed by atoms with Crippen molar-refractivity contribution < 1.29 is 23.5 Å². The molecule has 0 N–H and O–H groups in total. The second-order valence-corrected chi connectivity index (χ2v) is 7.93. The molecular weight excluding hydrogens is 438 g/mol. The topological polar surface area (TPSA) is 76.8 Å². The Kier molecular flexibility index (Phi) is 5.97. The minimum absolute atomic E-state index is 0.253. The van der Waals surface area contributed by atoms with Crippen molar-refractivity contribution in [3.63, 3.8) is 0 Å². The third kappa shape index (κ3) is 4.42. The Morgan fingerprint density at radius 2 is 1.90 bits per heavy atom. The van der Waals surface area contributed by atoms with E-state index in [1.807, 2.05) is 0 Å². The van der Waals surface area contributed by atoms with Crippen LogP contribution >= 0.6 is 23.4 Å². The van der Waals surface area contributed by atoms with Gasteiger partial charge in [-0.3, -0.25) is 9.59 Å². The third-order valence-electron chi connectivity index (χ3n) is 4.44. The second kappa shape index (κ2) is 8.83. The van der Waals surface area contributed by atoms with Crippen LogP contribution in [0.1, 0.15) is 23.0 Å². The summed E-state index contributed by atoms with van der Waals surface area (Å²) in [6.07, 6.45) is 1.53. The van der Waals surface area contributed by atoms with Crippen molar-refractivity contribution in [2.75, 3.05) is 11.5 Å². The Labute approximate surface area is 187 Å². The molecule has 1 fully saturated rings. The number of esters is 1. The van der Waals surface area contributed by atoms with Gasteiger partial charge in [-0.1, -0.05) is 29.8 Å². The lowest BCUT2D eigenvalue weighted by atomic mass is 10.1. The van der Waals surface area contributed by atoms with Crippen LogP contribution in [0, 0.1) is 0 Å². The molecule has 156 valence electrons. The predicted octanol–water partition coefficient (Wildman–Crippen LogP) is 6.02. The number of imide groups is 1. The first-order valence-corrected chi connectivity index (χ1v) is 10.6. The van der Waals surface area contributed by atoms with Crippen LogP contribution < -0.4 is 4.90 Å². The maximum atomic E-state index is 12.8. The number of halogens is 1. The van der Waals surface area contributed by atoms with Crippen molar-refractivity contribution in [2.24, 2.45) is 0 Å². The molecule has 0 atom stereocenters. The van der Waals surface area contributed by atoms with Gasteiger partial charge >= 0.3 is 5.97 Å². The third-order valence-corrected chi connectivity index (χ3v) is 5.55. The maximum Gasteiger partial charge on any atom is 0.338 e. The highest BCUT2D eigenvalue weighted by Gasteiger charge is 2.36. The number of hydrogen-bond acceptors (Lipinski definition) is 6. The molecule has 4 rings (SSSR count). The average Bonchev–Trinajstić information content (AvgIpc) is 3.33. The van der Waals surface area contributed by atoms with E-state index in [2.05, 4.69) is 0 Å². The monoisotopic (exact) mass is 453 g/mol. The van der Waals surface area contributed by atoms with Gasteiger partial charge in [0.15, 0.2) is 0 Å². The number of furan rings is 1. The van der Waals surface area contributed by atoms with E-state index in [0.29, 0.717) is 34.4 Å². The van der Waals surface area contributed by atoms with Crippen molar-refractivity contribution in [1.29, 1.82) is 0 Å². The quantitative estimate of drug-likeness (QED) is 0.347. The molecular formula is C23H16ClNO5S. The van der Waals surface area contributed by atoms with E-state index in [-0.39, 0.29) is 10.9 Å². The molecule has 2 heterocycles. The predicted molar refractivity (Wildman–Crippen MR) is 120 cm³/mol. The highest BCUT2D eigenvalue weighted by Crippen LogP contribution is 2.37. The van der Waals surface area contributed by atoms with E-state index in [4.69, 9.17) is 20.8 Å². The summed E-state index contributed by atoms with van der Waals surface area (Å²) in [5.41, 5.74) is 1.63. The van der Waals surface area contributed by atoms with Crippen LogP contribution in [0.3, 0.4) is 0 Å². The van der Waals surface area contributed by atoms with E-state index in [1.165, 1.54) is 6.08 Å². The molecule has 3 aromatic rings. The van der Waals surface area contributed by atoms with Crippen LogP contribution in [0.2, 0.25) is 5.02 Å². The number of thioether (sulfide) groups is 1. The number of anilines is 1. The van der Waals surface area contributed by atoms with Crippen molar-refractivity contribution in [3.8, 4) is 11.3 Å². The van der Waals surface area contributed by atoms with Crippen LogP contribution in [0.4, 0.5) is 10.5 Å². The van der Waals surface area contributed by atoms with E-state index >= 15 is 0 Å². The molecule has 1 aliphatic rings. The molecule has 6 nitrogen and oxygen atoms in total. The smallest absolute Gasteiger partial charge is 0.338 e.